The molecule has 2 aromatic rings. The Morgan fingerprint density at radius 3 is 2.67 bits per heavy atom. The number of anilines is 1. The average Bonchev–Trinajstić information content (AvgIpc) is 2.36. The second-order valence-corrected chi connectivity index (χ2v) is 7.09. The van der Waals surface area contributed by atoms with Gasteiger partial charge in [-0.25, -0.2) is 8.42 Å². The van der Waals surface area contributed by atoms with E-state index in [9.17, 15) is 18.5 Å². The highest BCUT2D eigenvalue weighted by atomic mass is 32.2. The number of hydrogen-bond acceptors (Lipinski definition) is 6. The number of rotatable bonds is 5. The van der Waals surface area contributed by atoms with E-state index in [-0.39, 0.29) is 18.0 Å². The quantitative estimate of drug-likeness (QED) is 0.668. The molecule has 2 rings (SSSR count). The lowest BCUT2D eigenvalue weighted by atomic mass is 10.1. The van der Waals surface area contributed by atoms with Gasteiger partial charge >= 0.3 is 0 Å². The molecule has 1 aromatic heterocycles. The molecule has 0 saturated heterocycles. The fourth-order valence-corrected chi connectivity index (χ4v) is 2.45. The Labute approximate surface area is 122 Å². The summed E-state index contributed by atoms with van der Waals surface area (Å²) in [6.45, 7) is 2.04. The summed E-state index contributed by atoms with van der Waals surface area (Å²) in [4.78, 5) is 14.7. The highest BCUT2D eigenvalue weighted by Crippen LogP contribution is 2.27. The van der Waals surface area contributed by atoms with E-state index in [0.717, 1.165) is 11.9 Å². The molecule has 0 amide bonds. The molecule has 8 heteroatoms. The normalized spacial score (nSPS) is 11.5. The van der Waals surface area contributed by atoms with Crippen LogP contribution in [0.3, 0.4) is 0 Å². The Kier molecular flexibility index (Phi) is 4.08. The molecule has 1 N–H and O–H groups in total. The van der Waals surface area contributed by atoms with E-state index in [1.54, 1.807) is 12.1 Å². The minimum absolute atomic E-state index is 0.00914. The standard InChI is InChI=1S/C13H15N3O4S/c1-9-7-13(14-5-6-21(2,19)20)11-8-10(16(17)18)3-4-12(11)15-9/h3-4,7-8H,5-6H2,1-2H3,(H,14,15). The van der Waals surface area contributed by atoms with Crippen LogP contribution in [-0.2, 0) is 9.84 Å². The van der Waals surface area contributed by atoms with Gasteiger partial charge in [0, 0.05) is 41.7 Å². The first-order chi connectivity index (χ1) is 9.76. The van der Waals surface area contributed by atoms with Gasteiger partial charge in [0.25, 0.3) is 5.69 Å². The molecule has 21 heavy (non-hydrogen) atoms. The van der Waals surface area contributed by atoms with Crippen molar-refractivity contribution in [2.45, 2.75) is 6.92 Å². The number of aromatic nitrogens is 1. The fraction of sp³-hybridized carbons (Fsp3) is 0.308. The van der Waals surface area contributed by atoms with E-state index in [4.69, 9.17) is 0 Å². The zero-order valence-corrected chi connectivity index (χ0v) is 12.5. The third-order valence-electron chi connectivity index (χ3n) is 2.92. The van der Waals surface area contributed by atoms with Crippen LogP contribution in [-0.4, -0.2) is 36.9 Å². The van der Waals surface area contributed by atoms with Crippen LogP contribution in [0.25, 0.3) is 10.9 Å². The minimum Gasteiger partial charge on any atom is -0.383 e. The van der Waals surface area contributed by atoms with Gasteiger partial charge in [0.1, 0.15) is 9.84 Å². The van der Waals surface area contributed by atoms with Crippen LogP contribution in [0.5, 0.6) is 0 Å². The molecule has 1 heterocycles. The van der Waals surface area contributed by atoms with Gasteiger partial charge in [-0.3, -0.25) is 15.1 Å². The smallest absolute Gasteiger partial charge is 0.270 e. The van der Waals surface area contributed by atoms with Crippen molar-refractivity contribution < 1.29 is 13.3 Å². The fourth-order valence-electron chi connectivity index (χ4n) is 1.98. The Bertz CT molecular complexity index is 802. The molecule has 0 saturated carbocycles. The second-order valence-electron chi connectivity index (χ2n) is 4.83. The van der Waals surface area contributed by atoms with Crippen molar-refractivity contribution in [1.82, 2.24) is 4.98 Å². The van der Waals surface area contributed by atoms with Gasteiger partial charge in [0.15, 0.2) is 0 Å². The lowest BCUT2D eigenvalue weighted by molar-refractivity contribution is -0.384. The minimum atomic E-state index is -3.07. The lowest BCUT2D eigenvalue weighted by Gasteiger charge is -2.10. The summed E-state index contributed by atoms with van der Waals surface area (Å²) in [6.07, 6.45) is 1.16. The molecule has 0 fully saturated rings. The topological polar surface area (TPSA) is 102 Å². The summed E-state index contributed by atoms with van der Waals surface area (Å²) in [5, 5.41) is 14.5. The second kappa shape index (κ2) is 5.65. The van der Waals surface area contributed by atoms with Gasteiger partial charge in [-0.15, -0.1) is 0 Å². The van der Waals surface area contributed by atoms with Crippen LogP contribution in [0.1, 0.15) is 5.69 Å². The molecule has 0 aliphatic rings. The first-order valence-electron chi connectivity index (χ1n) is 6.24. The number of nitrogens with one attached hydrogen (secondary N) is 1. The van der Waals surface area contributed by atoms with Crippen LogP contribution < -0.4 is 5.32 Å². The maximum absolute atomic E-state index is 11.2. The van der Waals surface area contributed by atoms with Gasteiger partial charge in [0.2, 0.25) is 0 Å². The number of pyridine rings is 1. The summed E-state index contributed by atoms with van der Waals surface area (Å²) in [5.41, 5.74) is 1.99. The third-order valence-corrected chi connectivity index (χ3v) is 3.87. The molecule has 7 nitrogen and oxygen atoms in total. The first kappa shape index (κ1) is 15.2. The van der Waals surface area contributed by atoms with Crippen LogP contribution in [0.15, 0.2) is 24.3 Å². The van der Waals surface area contributed by atoms with E-state index in [0.29, 0.717) is 16.6 Å². The van der Waals surface area contributed by atoms with Gasteiger partial charge in [-0.1, -0.05) is 0 Å². The molecular formula is C13H15N3O4S. The summed E-state index contributed by atoms with van der Waals surface area (Å²) in [6, 6.07) is 6.16. The van der Waals surface area contributed by atoms with Crippen molar-refractivity contribution in [3.63, 3.8) is 0 Å². The van der Waals surface area contributed by atoms with E-state index >= 15 is 0 Å². The van der Waals surface area contributed by atoms with E-state index < -0.39 is 14.8 Å². The number of non-ortho nitro benzene ring substituents is 1. The van der Waals surface area contributed by atoms with E-state index in [1.165, 1.54) is 12.1 Å². The van der Waals surface area contributed by atoms with Crippen molar-refractivity contribution in [3.8, 4) is 0 Å². The summed E-state index contributed by atoms with van der Waals surface area (Å²) < 4.78 is 22.3. The molecule has 0 aliphatic carbocycles. The Balaban J connectivity index is 2.40. The van der Waals surface area contributed by atoms with Crippen LogP contribution in [0.2, 0.25) is 0 Å². The van der Waals surface area contributed by atoms with Crippen LogP contribution in [0, 0.1) is 17.0 Å². The van der Waals surface area contributed by atoms with Gasteiger partial charge in [0.05, 0.1) is 16.2 Å². The molecule has 112 valence electrons. The van der Waals surface area contributed by atoms with Crippen LogP contribution in [0.4, 0.5) is 11.4 Å². The number of nitro groups is 1. The van der Waals surface area contributed by atoms with Crippen molar-refractivity contribution in [1.29, 1.82) is 0 Å². The van der Waals surface area contributed by atoms with Gasteiger partial charge < -0.3 is 5.32 Å². The largest absolute Gasteiger partial charge is 0.383 e. The summed E-state index contributed by atoms with van der Waals surface area (Å²) in [7, 11) is -3.07. The number of aryl methyl sites for hydroxylation is 1. The highest BCUT2D eigenvalue weighted by Gasteiger charge is 2.11. The van der Waals surface area contributed by atoms with Gasteiger partial charge in [-0.05, 0) is 19.1 Å². The number of nitro benzene ring substituents is 1. The molecular weight excluding hydrogens is 294 g/mol. The monoisotopic (exact) mass is 309 g/mol. The van der Waals surface area contributed by atoms with Crippen molar-refractivity contribution >= 4 is 32.1 Å². The Hall–Kier alpha value is -2.22. The first-order valence-corrected chi connectivity index (χ1v) is 8.30. The molecule has 0 radical (unpaired) electrons. The molecule has 0 spiro atoms. The predicted molar refractivity (Wildman–Crippen MR) is 81.3 cm³/mol. The molecule has 0 bridgehead atoms. The van der Waals surface area contributed by atoms with E-state index in [2.05, 4.69) is 10.3 Å². The Morgan fingerprint density at radius 1 is 1.33 bits per heavy atom. The summed E-state index contributed by atoms with van der Waals surface area (Å²) in [5.74, 6) is -0.00914. The number of nitrogens with zero attached hydrogens (tertiary/aromatic N) is 2. The highest BCUT2D eigenvalue weighted by molar-refractivity contribution is 7.90. The Morgan fingerprint density at radius 2 is 2.05 bits per heavy atom. The predicted octanol–water partition coefficient (Wildman–Crippen LogP) is 1.91. The maximum atomic E-state index is 11.2. The van der Waals surface area contributed by atoms with Crippen molar-refractivity contribution in [2.24, 2.45) is 0 Å². The zero-order valence-electron chi connectivity index (χ0n) is 11.7. The zero-order chi connectivity index (χ0) is 15.6. The number of fused-ring (bicyclic) bond motifs is 1. The molecule has 0 aliphatic heterocycles. The number of sulfone groups is 1. The number of hydrogen-bond donors (Lipinski definition) is 1. The third kappa shape index (κ3) is 3.88. The SMILES string of the molecule is Cc1cc(NCCS(C)(=O)=O)c2cc([N+](=O)[O-])ccc2n1. The molecule has 0 atom stereocenters. The summed E-state index contributed by atoms with van der Waals surface area (Å²) >= 11 is 0. The molecule has 0 unspecified atom stereocenters. The lowest BCUT2D eigenvalue weighted by Crippen LogP contribution is -2.14. The van der Waals surface area contributed by atoms with Crippen molar-refractivity contribution in [2.75, 3.05) is 23.9 Å². The average molecular weight is 309 g/mol. The van der Waals surface area contributed by atoms with E-state index in [1.807, 2.05) is 6.92 Å². The van der Waals surface area contributed by atoms with Crippen molar-refractivity contribution in [3.05, 3.63) is 40.1 Å². The maximum Gasteiger partial charge on any atom is 0.270 e. The van der Waals surface area contributed by atoms with Gasteiger partial charge in [-0.2, -0.15) is 0 Å². The molecule has 1 aromatic carbocycles. The number of benzene rings is 1. The van der Waals surface area contributed by atoms with Crippen LogP contribution >= 0.6 is 0 Å².